The fourth-order valence-corrected chi connectivity index (χ4v) is 1.44. The summed E-state index contributed by atoms with van der Waals surface area (Å²) in [5, 5.41) is 0. The van der Waals surface area contributed by atoms with Gasteiger partial charge >= 0.3 is 0 Å². The molecule has 0 aromatic heterocycles. The van der Waals surface area contributed by atoms with E-state index in [4.69, 9.17) is 0 Å². The highest BCUT2D eigenvalue weighted by molar-refractivity contribution is 5.95. The number of hydrazine groups is 1. The molecule has 0 spiro atoms. The average Bonchev–Trinajstić information content (AvgIpc) is 2.23. The van der Waals surface area contributed by atoms with E-state index in [1.54, 1.807) is 26.0 Å². The molecule has 2 amide bonds. The van der Waals surface area contributed by atoms with Crippen molar-refractivity contribution in [1.29, 1.82) is 0 Å². The van der Waals surface area contributed by atoms with Crippen LogP contribution in [0.4, 0.5) is 0 Å². The molecule has 1 aromatic carbocycles. The fourth-order valence-electron chi connectivity index (χ4n) is 1.44. The first-order valence-electron chi connectivity index (χ1n) is 5.58. The molecule has 0 aliphatic heterocycles. The molecule has 0 bridgehead atoms. The number of amides is 2. The molecule has 1 rings (SSSR count). The average molecular weight is 234 g/mol. The molecule has 0 saturated heterocycles. The molecule has 0 heterocycles. The van der Waals surface area contributed by atoms with Gasteiger partial charge in [-0.05, 0) is 26.0 Å². The highest BCUT2D eigenvalue weighted by Crippen LogP contribution is 2.08. The highest BCUT2D eigenvalue weighted by atomic mass is 16.2. The Hall–Kier alpha value is -1.84. The summed E-state index contributed by atoms with van der Waals surface area (Å²) in [6.45, 7) is 7.38. The molecule has 1 aromatic rings. The Morgan fingerprint density at radius 2 is 1.53 bits per heavy atom. The van der Waals surface area contributed by atoms with Crippen molar-refractivity contribution < 1.29 is 9.59 Å². The Labute approximate surface area is 101 Å². The lowest BCUT2D eigenvalue weighted by molar-refractivity contribution is -0.124. The van der Waals surface area contributed by atoms with Gasteiger partial charge in [0.05, 0.1) is 0 Å². The second-order valence-electron chi connectivity index (χ2n) is 4.47. The van der Waals surface area contributed by atoms with E-state index in [0.717, 1.165) is 11.1 Å². The molecule has 2 N–H and O–H groups in total. The second kappa shape index (κ2) is 5.48. The predicted octanol–water partition coefficient (Wildman–Crippen LogP) is 1.72. The zero-order valence-corrected chi connectivity index (χ0v) is 10.6. The van der Waals surface area contributed by atoms with Crippen LogP contribution in [0.15, 0.2) is 18.2 Å². The molecule has 0 unspecified atom stereocenters. The molecule has 0 atom stereocenters. The number of aryl methyl sites for hydroxylation is 2. The maximum Gasteiger partial charge on any atom is 0.269 e. The Kier molecular flexibility index (Phi) is 4.26. The largest absolute Gasteiger partial charge is 0.273 e. The van der Waals surface area contributed by atoms with Crippen LogP contribution in [-0.2, 0) is 4.79 Å². The normalized spacial score (nSPS) is 10.2. The summed E-state index contributed by atoms with van der Waals surface area (Å²) < 4.78 is 0. The minimum atomic E-state index is -0.300. The lowest BCUT2D eigenvalue weighted by atomic mass is 10.1. The number of hydrogen-bond donors (Lipinski definition) is 2. The quantitative estimate of drug-likeness (QED) is 0.765. The summed E-state index contributed by atoms with van der Waals surface area (Å²) >= 11 is 0. The van der Waals surface area contributed by atoms with E-state index in [1.165, 1.54) is 0 Å². The molecule has 0 aliphatic rings. The van der Waals surface area contributed by atoms with Gasteiger partial charge in [0.2, 0.25) is 5.91 Å². The van der Waals surface area contributed by atoms with Gasteiger partial charge in [-0.25, -0.2) is 0 Å². The summed E-state index contributed by atoms with van der Waals surface area (Å²) in [6.07, 6.45) is 0. The smallest absolute Gasteiger partial charge is 0.269 e. The van der Waals surface area contributed by atoms with E-state index in [1.807, 2.05) is 19.9 Å². The van der Waals surface area contributed by atoms with E-state index in [-0.39, 0.29) is 17.7 Å². The standard InChI is InChI=1S/C13H18N2O2/c1-8(2)12(16)14-15-13(17)11-6-9(3)5-10(4)7-11/h5-8H,1-4H3,(H,14,16)(H,15,17). The molecule has 0 aliphatic carbocycles. The zero-order valence-electron chi connectivity index (χ0n) is 10.6. The maximum absolute atomic E-state index is 11.8. The molecular formula is C13H18N2O2. The van der Waals surface area contributed by atoms with Crippen molar-refractivity contribution in [2.75, 3.05) is 0 Å². The molecule has 0 radical (unpaired) electrons. The van der Waals surface area contributed by atoms with Crippen molar-refractivity contribution in [3.63, 3.8) is 0 Å². The van der Waals surface area contributed by atoms with Crippen molar-refractivity contribution in [2.45, 2.75) is 27.7 Å². The van der Waals surface area contributed by atoms with Gasteiger partial charge in [0.15, 0.2) is 0 Å². The second-order valence-corrected chi connectivity index (χ2v) is 4.47. The first-order chi connectivity index (χ1) is 7.90. The van der Waals surface area contributed by atoms with Gasteiger partial charge in [0.1, 0.15) is 0 Å². The van der Waals surface area contributed by atoms with Gasteiger partial charge in [0.25, 0.3) is 5.91 Å². The number of hydrogen-bond acceptors (Lipinski definition) is 2. The fraction of sp³-hybridized carbons (Fsp3) is 0.385. The van der Waals surface area contributed by atoms with Gasteiger partial charge in [-0.3, -0.25) is 20.4 Å². The lowest BCUT2D eigenvalue weighted by Crippen LogP contribution is -2.43. The van der Waals surface area contributed by atoms with Gasteiger partial charge in [-0.1, -0.05) is 31.0 Å². The summed E-state index contributed by atoms with van der Waals surface area (Å²) in [5.41, 5.74) is 7.36. The third-order valence-corrected chi connectivity index (χ3v) is 2.31. The van der Waals surface area contributed by atoms with Gasteiger partial charge < -0.3 is 0 Å². The summed E-state index contributed by atoms with van der Waals surface area (Å²) in [6, 6.07) is 5.55. The summed E-state index contributed by atoms with van der Waals surface area (Å²) in [7, 11) is 0. The minimum absolute atomic E-state index is 0.158. The zero-order chi connectivity index (χ0) is 13.0. The number of benzene rings is 1. The van der Waals surface area contributed by atoms with Crippen molar-refractivity contribution in [2.24, 2.45) is 5.92 Å². The van der Waals surface area contributed by atoms with Crippen molar-refractivity contribution in [1.82, 2.24) is 10.9 Å². The van der Waals surface area contributed by atoms with Crippen LogP contribution in [0.3, 0.4) is 0 Å². The maximum atomic E-state index is 11.8. The summed E-state index contributed by atoms with van der Waals surface area (Å²) in [5.74, 6) is -0.664. The number of rotatable bonds is 2. The monoisotopic (exact) mass is 234 g/mol. The van der Waals surface area contributed by atoms with E-state index in [0.29, 0.717) is 5.56 Å². The van der Waals surface area contributed by atoms with Crippen molar-refractivity contribution in [3.05, 3.63) is 34.9 Å². The van der Waals surface area contributed by atoms with Crippen molar-refractivity contribution >= 4 is 11.8 Å². The van der Waals surface area contributed by atoms with Crippen molar-refractivity contribution in [3.8, 4) is 0 Å². The van der Waals surface area contributed by atoms with Crippen LogP contribution in [0, 0.1) is 19.8 Å². The lowest BCUT2D eigenvalue weighted by Gasteiger charge is -2.10. The Morgan fingerprint density at radius 1 is 1.00 bits per heavy atom. The third kappa shape index (κ3) is 3.90. The molecule has 4 nitrogen and oxygen atoms in total. The van der Waals surface area contributed by atoms with Crippen LogP contribution in [-0.4, -0.2) is 11.8 Å². The molecule has 4 heteroatoms. The van der Waals surface area contributed by atoms with Gasteiger partial charge in [-0.15, -0.1) is 0 Å². The van der Waals surface area contributed by atoms with E-state index in [2.05, 4.69) is 10.9 Å². The molecular weight excluding hydrogens is 216 g/mol. The Bertz CT molecular complexity index is 419. The Balaban J connectivity index is 2.67. The van der Waals surface area contributed by atoms with Gasteiger partial charge in [-0.2, -0.15) is 0 Å². The van der Waals surface area contributed by atoms with Gasteiger partial charge in [0, 0.05) is 11.5 Å². The molecule has 17 heavy (non-hydrogen) atoms. The molecule has 92 valence electrons. The first-order valence-corrected chi connectivity index (χ1v) is 5.58. The summed E-state index contributed by atoms with van der Waals surface area (Å²) in [4.78, 5) is 23.0. The SMILES string of the molecule is Cc1cc(C)cc(C(=O)NNC(=O)C(C)C)c1. The van der Waals surface area contributed by atoms with Crippen LogP contribution in [0.2, 0.25) is 0 Å². The minimum Gasteiger partial charge on any atom is -0.273 e. The number of carbonyl (C=O) groups excluding carboxylic acids is 2. The van der Waals surface area contributed by atoms with E-state index in [9.17, 15) is 9.59 Å². The predicted molar refractivity (Wildman–Crippen MR) is 66.4 cm³/mol. The number of carbonyl (C=O) groups is 2. The van der Waals surface area contributed by atoms with Crippen LogP contribution < -0.4 is 10.9 Å². The van der Waals surface area contributed by atoms with Crippen LogP contribution in [0.1, 0.15) is 35.3 Å². The molecule has 0 fully saturated rings. The van der Waals surface area contributed by atoms with Crippen LogP contribution in [0.5, 0.6) is 0 Å². The van der Waals surface area contributed by atoms with Crippen LogP contribution in [0.25, 0.3) is 0 Å². The molecule has 0 saturated carbocycles. The first kappa shape index (κ1) is 13.2. The third-order valence-electron chi connectivity index (χ3n) is 2.31. The van der Waals surface area contributed by atoms with E-state index >= 15 is 0 Å². The van der Waals surface area contributed by atoms with E-state index < -0.39 is 0 Å². The van der Waals surface area contributed by atoms with Crippen LogP contribution >= 0.6 is 0 Å². The topological polar surface area (TPSA) is 58.2 Å². The highest BCUT2D eigenvalue weighted by Gasteiger charge is 2.10. The Morgan fingerprint density at radius 3 is 2.00 bits per heavy atom. The number of nitrogens with one attached hydrogen (secondary N) is 2.